The number of hydrogen-bond acceptors (Lipinski definition) is 4. The second-order valence-electron chi connectivity index (χ2n) is 7.74. The molecule has 2 amide bonds. The zero-order valence-electron chi connectivity index (χ0n) is 18.1. The molecule has 0 heterocycles. The maximum atomic E-state index is 12.8. The molecule has 154 valence electrons. The predicted molar refractivity (Wildman–Crippen MR) is 107 cm³/mol. The molecule has 0 aliphatic heterocycles. The van der Waals surface area contributed by atoms with Gasteiger partial charge in [-0.1, -0.05) is 47.5 Å². The third-order valence-corrected chi connectivity index (χ3v) is 5.36. The Morgan fingerprint density at radius 1 is 1.12 bits per heavy atom. The molecule has 0 saturated heterocycles. The molecule has 0 bridgehead atoms. The van der Waals surface area contributed by atoms with Gasteiger partial charge in [0.15, 0.2) is 0 Å². The minimum Gasteiger partial charge on any atom is -0.379 e. The first-order valence-corrected chi connectivity index (χ1v) is 9.91. The Morgan fingerprint density at radius 3 is 2.12 bits per heavy atom. The van der Waals surface area contributed by atoms with E-state index < -0.39 is 6.04 Å². The van der Waals surface area contributed by atoms with Crippen molar-refractivity contribution in [1.29, 1.82) is 0 Å². The Hall–Kier alpha value is -1.14. The van der Waals surface area contributed by atoms with Gasteiger partial charge in [-0.15, -0.1) is 0 Å². The van der Waals surface area contributed by atoms with E-state index in [1.165, 1.54) is 0 Å². The van der Waals surface area contributed by atoms with Crippen LogP contribution < -0.4 is 5.73 Å². The van der Waals surface area contributed by atoms with E-state index in [1.54, 1.807) is 24.0 Å². The maximum Gasteiger partial charge on any atom is 0.239 e. The Kier molecular flexibility index (Phi) is 11.7. The number of likely N-dealkylation sites (N-methyl/N-ethyl adjacent to an activating group) is 1. The fraction of sp³-hybridized carbons (Fsp3) is 0.900. The number of methoxy groups -OCH3 is 1. The van der Waals surface area contributed by atoms with Crippen LogP contribution in [0.5, 0.6) is 0 Å². The summed E-state index contributed by atoms with van der Waals surface area (Å²) < 4.78 is 5.69. The largest absolute Gasteiger partial charge is 0.379 e. The van der Waals surface area contributed by atoms with Crippen molar-refractivity contribution in [3.05, 3.63) is 0 Å². The highest BCUT2D eigenvalue weighted by atomic mass is 16.5. The number of nitrogens with zero attached hydrogens (tertiary/aromatic N) is 2. The van der Waals surface area contributed by atoms with Crippen LogP contribution in [0, 0.1) is 11.8 Å². The van der Waals surface area contributed by atoms with E-state index in [-0.39, 0.29) is 42.2 Å². The zero-order chi connectivity index (χ0) is 20.4. The molecule has 0 aliphatic rings. The molecule has 4 atom stereocenters. The van der Waals surface area contributed by atoms with Crippen molar-refractivity contribution in [3.8, 4) is 0 Å². The van der Waals surface area contributed by atoms with E-state index in [4.69, 9.17) is 10.5 Å². The van der Waals surface area contributed by atoms with Crippen molar-refractivity contribution in [1.82, 2.24) is 9.80 Å². The Labute approximate surface area is 160 Å². The van der Waals surface area contributed by atoms with Crippen molar-refractivity contribution in [3.63, 3.8) is 0 Å². The summed E-state index contributed by atoms with van der Waals surface area (Å²) in [6.07, 6.45) is 2.83. The molecule has 0 fully saturated rings. The number of rotatable bonds is 12. The molecule has 0 aromatic heterocycles. The Bertz CT molecular complexity index is 429. The van der Waals surface area contributed by atoms with Crippen molar-refractivity contribution in [2.75, 3.05) is 27.7 Å². The lowest BCUT2D eigenvalue weighted by atomic mass is 9.90. The topological polar surface area (TPSA) is 75.9 Å². The van der Waals surface area contributed by atoms with Crippen molar-refractivity contribution in [2.45, 2.75) is 78.5 Å². The minimum absolute atomic E-state index is 0.0487. The van der Waals surface area contributed by atoms with Gasteiger partial charge in [0.1, 0.15) is 0 Å². The SMILES string of the molecule is CCCCN(C)C(=O)C[C@@H](OC)[C@H]([C@@H](C)CC)N(C)C(=O)[C@@H](N)C(C)C. The van der Waals surface area contributed by atoms with Crippen LogP contribution in [0.4, 0.5) is 0 Å². The average molecular weight is 372 g/mol. The summed E-state index contributed by atoms with van der Waals surface area (Å²) in [6, 6.07) is -0.738. The summed E-state index contributed by atoms with van der Waals surface area (Å²) >= 11 is 0. The van der Waals surface area contributed by atoms with Crippen LogP contribution in [0.25, 0.3) is 0 Å². The highest BCUT2D eigenvalue weighted by molar-refractivity contribution is 5.82. The number of carbonyl (C=O) groups excluding carboxylic acids is 2. The van der Waals surface area contributed by atoms with Gasteiger partial charge < -0.3 is 20.3 Å². The number of ether oxygens (including phenoxy) is 1. The van der Waals surface area contributed by atoms with Gasteiger partial charge in [0.25, 0.3) is 0 Å². The maximum absolute atomic E-state index is 12.8. The van der Waals surface area contributed by atoms with Crippen LogP contribution >= 0.6 is 0 Å². The molecule has 0 radical (unpaired) electrons. The van der Waals surface area contributed by atoms with E-state index in [2.05, 4.69) is 20.8 Å². The number of carbonyl (C=O) groups is 2. The van der Waals surface area contributed by atoms with E-state index >= 15 is 0 Å². The molecule has 26 heavy (non-hydrogen) atoms. The lowest BCUT2D eigenvalue weighted by Gasteiger charge is -2.39. The molecule has 0 aromatic carbocycles. The van der Waals surface area contributed by atoms with E-state index in [9.17, 15) is 9.59 Å². The van der Waals surface area contributed by atoms with Gasteiger partial charge in [-0.3, -0.25) is 9.59 Å². The van der Waals surface area contributed by atoms with Gasteiger partial charge in [-0.25, -0.2) is 0 Å². The van der Waals surface area contributed by atoms with Gasteiger partial charge in [0.2, 0.25) is 11.8 Å². The van der Waals surface area contributed by atoms with E-state index in [0.717, 1.165) is 25.8 Å². The van der Waals surface area contributed by atoms with Crippen LogP contribution in [0.15, 0.2) is 0 Å². The van der Waals surface area contributed by atoms with Gasteiger partial charge >= 0.3 is 0 Å². The van der Waals surface area contributed by atoms with Crippen molar-refractivity contribution in [2.24, 2.45) is 17.6 Å². The smallest absolute Gasteiger partial charge is 0.239 e. The summed E-state index contributed by atoms with van der Waals surface area (Å²) in [5.41, 5.74) is 6.08. The first-order valence-electron chi connectivity index (χ1n) is 9.91. The normalized spacial score (nSPS) is 16.1. The van der Waals surface area contributed by atoms with Crippen LogP contribution in [-0.2, 0) is 14.3 Å². The second kappa shape index (κ2) is 12.3. The molecule has 6 nitrogen and oxygen atoms in total. The third-order valence-electron chi connectivity index (χ3n) is 5.36. The lowest BCUT2D eigenvalue weighted by Crippen LogP contribution is -2.55. The highest BCUT2D eigenvalue weighted by Crippen LogP contribution is 2.23. The van der Waals surface area contributed by atoms with E-state index in [1.807, 2.05) is 20.9 Å². The molecule has 0 aliphatic carbocycles. The molecule has 0 rings (SSSR count). The number of unbranched alkanes of at least 4 members (excludes halogenated alkanes) is 1. The van der Waals surface area contributed by atoms with E-state index in [0.29, 0.717) is 0 Å². The molecular weight excluding hydrogens is 330 g/mol. The fourth-order valence-electron chi connectivity index (χ4n) is 3.10. The average Bonchev–Trinajstić information content (AvgIpc) is 2.63. The summed E-state index contributed by atoms with van der Waals surface area (Å²) in [6.45, 7) is 10.9. The van der Waals surface area contributed by atoms with Crippen LogP contribution in [0.1, 0.15) is 60.3 Å². The van der Waals surface area contributed by atoms with Gasteiger partial charge in [-0.05, 0) is 18.3 Å². The number of amides is 2. The van der Waals surface area contributed by atoms with Gasteiger partial charge in [-0.2, -0.15) is 0 Å². The first kappa shape index (κ1) is 24.9. The molecular formula is C20H41N3O3. The first-order chi connectivity index (χ1) is 12.1. The van der Waals surface area contributed by atoms with Gasteiger partial charge in [0, 0.05) is 27.7 Å². The highest BCUT2D eigenvalue weighted by Gasteiger charge is 2.36. The molecule has 0 spiro atoms. The molecule has 0 unspecified atom stereocenters. The van der Waals surface area contributed by atoms with Crippen molar-refractivity contribution < 1.29 is 14.3 Å². The van der Waals surface area contributed by atoms with Crippen LogP contribution in [0.2, 0.25) is 0 Å². The fourth-order valence-corrected chi connectivity index (χ4v) is 3.10. The summed E-state index contributed by atoms with van der Waals surface area (Å²) in [4.78, 5) is 28.8. The predicted octanol–water partition coefficient (Wildman–Crippen LogP) is 2.51. The standard InChI is InChI=1S/C20H41N3O3/c1-9-11-12-22(6)17(24)13-16(26-8)19(15(5)10-2)23(7)20(25)18(21)14(3)4/h14-16,18-19H,9-13,21H2,1-8H3/t15-,16+,18-,19-/m0/s1. The minimum atomic E-state index is -0.549. The lowest BCUT2D eigenvalue weighted by molar-refractivity contribution is -0.143. The summed E-state index contributed by atoms with van der Waals surface area (Å²) in [5.74, 6) is 0.207. The molecule has 0 aromatic rings. The zero-order valence-corrected chi connectivity index (χ0v) is 18.1. The Balaban J connectivity index is 5.34. The van der Waals surface area contributed by atoms with Gasteiger partial charge in [0.05, 0.1) is 24.6 Å². The quantitative estimate of drug-likeness (QED) is 0.572. The molecule has 2 N–H and O–H groups in total. The third kappa shape index (κ3) is 7.23. The van der Waals surface area contributed by atoms with Crippen LogP contribution in [-0.4, -0.2) is 67.6 Å². The summed E-state index contributed by atoms with van der Waals surface area (Å²) in [7, 11) is 5.21. The second-order valence-corrected chi connectivity index (χ2v) is 7.74. The van der Waals surface area contributed by atoms with Crippen molar-refractivity contribution >= 4 is 11.8 Å². The number of nitrogens with two attached hydrogens (primary N) is 1. The monoisotopic (exact) mass is 371 g/mol. The molecule has 6 heteroatoms. The number of hydrogen-bond donors (Lipinski definition) is 1. The molecule has 0 saturated carbocycles. The summed E-state index contributed by atoms with van der Waals surface area (Å²) in [5, 5.41) is 0. The Morgan fingerprint density at radius 2 is 1.69 bits per heavy atom. The van der Waals surface area contributed by atoms with Crippen LogP contribution in [0.3, 0.4) is 0 Å².